The maximum absolute atomic E-state index is 11.7. The fourth-order valence-electron chi connectivity index (χ4n) is 1.90. The van der Waals surface area contributed by atoms with Crippen molar-refractivity contribution in [2.75, 3.05) is 6.26 Å². The van der Waals surface area contributed by atoms with Crippen molar-refractivity contribution in [3.05, 3.63) is 29.3 Å². The first-order valence-corrected chi connectivity index (χ1v) is 6.83. The number of fused-ring (bicyclic) bond motifs is 1. The van der Waals surface area contributed by atoms with Crippen molar-refractivity contribution in [2.24, 2.45) is 0 Å². The molecule has 4 nitrogen and oxygen atoms in total. The van der Waals surface area contributed by atoms with Crippen LogP contribution in [0.15, 0.2) is 18.2 Å². The quantitative estimate of drug-likeness (QED) is 0.736. The number of aryl methyl sites for hydroxylation is 1. The van der Waals surface area contributed by atoms with Crippen molar-refractivity contribution in [2.45, 2.75) is 19.3 Å². The Labute approximate surface area is 94.4 Å². The molecule has 0 saturated heterocycles. The van der Waals surface area contributed by atoms with Crippen LogP contribution in [0.1, 0.15) is 28.8 Å². The van der Waals surface area contributed by atoms with Gasteiger partial charge in [0.15, 0.2) is 11.5 Å². The van der Waals surface area contributed by atoms with E-state index in [1.807, 2.05) is 6.07 Å². The Bertz CT molecular complexity index is 531. The highest BCUT2D eigenvalue weighted by atomic mass is 32.2. The molecular formula is C11H12O4S. The lowest BCUT2D eigenvalue weighted by atomic mass is 9.90. The molecule has 0 saturated carbocycles. The van der Waals surface area contributed by atoms with E-state index in [0.717, 1.165) is 24.7 Å². The van der Waals surface area contributed by atoms with Gasteiger partial charge < -0.3 is 4.18 Å². The monoisotopic (exact) mass is 240 g/mol. The van der Waals surface area contributed by atoms with Crippen LogP contribution in [0, 0.1) is 0 Å². The van der Waals surface area contributed by atoms with Gasteiger partial charge in [-0.15, -0.1) is 0 Å². The van der Waals surface area contributed by atoms with E-state index in [9.17, 15) is 13.2 Å². The summed E-state index contributed by atoms with van der Waals surface area (Å²) in [5.41, 5.74) is 1.30. The van der Waals surface area contributed by atoms with Crippen molar-refractivity contribution >= 4 is 15.9 Å². The maximum Gasteiger partial charge on any atom is 0.306 e. The van der Waals surface area contributed by atoms with E-state index < -0.39 is 10.1 Å². The van der Waals surface area contributed by atoms with Crippen molar-refractivity contribution in [3.63, 3.8) is 0 Å². The zero-order chi connectivity index (χ0) is 11.8. The summed E-state index contributed by atoms with van der Waals surface area (Å²) in [5.74, 6) is 0.116. The molecule has 1 aliphatic carbocycles. The van der Waals surface area contributed by atoms with Crippen LogP contribution in [0.3, 0.4) is 0 Å². The molecule has 0 bridgehead atoms. The van der Waals surface area contributed by atoms with Crippen LogP contribution in [-0.2, 0) is 16.5 Å². The van der Waals surface area contributed by atoms with Crippen LogP contribution < -0.4 is 4.18 Å². The minimum absolute atomic E-state index is 0.0412. The summed E-state index contributed by atoms with van der Waals surface area (Å²) in [5, 5.41) is 0. The van der Waals surface area contributed by atoms with Crippen molar-refractivity contribution in [1.82, 2.24) is 0 Å². The van der Waals surface area contributed by atoms with E-state index in [-0.39, 0.29) is 11.5 Å². The molecule has 1 aromatic rings. The standard InChI is InChI=1S/C11H12O4S/c1-16(13,14)15-10-7-3-5-8-4-2-6-9(12)11(8)10/h3,5,7H,2,4,6H2,1H3. The Kier molecular flexibility index (Phi) is 2.71. The summed E-state index contributed by atoms with van der Waals surface area (Å²) in [6.07, 6.45) is 3.03. The Hall–Kier alpha value is -1.36. The molecule has 2 rings (SSSR count). The summed E-state index contributed by atoms with van der Waals surface area (Å²) >= 11 is 0. The van der Waals surface area contributed by atoms with Gasteiger partial charge in [0.25, 0.3) is 0 Å². The first-order valence-electron chi connectivity index (χ1n) is 5.02. The lowest BCUT2D eigenvalue weighted by Gasteiger charge is -2.17. The van der Waals surface area contributed by atoms with Crippen LogP contribution in [0.25, 0.3) is 0 Å². The zero-order valence-corrected chi connectivity index (χ0v) is 9.71. The predicted octanol–water partition coefficient (Wildman–Crippen LogP) is 1.54. The average Bonchev–Trinajstić information content (AvgIpc) is 2.15. The molecule has 1 aromatic carbocycles. The molecule has 0 amide bonds. The molecule has 0 aromatic heterocycles. The summed E-state index contributed by atoms with van der Waals surface area (Å²) in [7, 11) is -3.59. The number of benzene rings is 1. The molecule has 0 unspecified atom stereocenters. The molecule has 0 atom stereocenters. The van der Waals surface area contributed by atoms with Gasteiger partial charge in [-0.05, 0) is 24.5 Å². The van der Waals surface area contributed by atoms with E-state index in [1.54, 1.807) is 6.07 Å². The van der Waals surface area contributed by atoms with Crippen LogP contribution in [0.2, 0.25) is 0 Å². The average molecular weight is 240 g/mol. The molecule has 16 heavy (non-hydrogen) atoms. The maximum atomic E-state index is 11.7. The van der Waals surface area contributed by atoms with Crippen molar-refractivity contribution in [1.29, 1.82) is 0 Å². The highest BCUT2D eigenvalue weighted by molar-refractivity contribution is 7.86. The van der Waals surface area contributed by atoms with Gasteiger partial charge in [-0.3, -0.25) is 4.79 Å². The summed E-state index contributed by atoms with van der Waals surface area (Å²) in [4.78, 5) is 11.7. The van der Waals surface area contributed by atoms with Gasteiger partial charge in [0, 0.05) is 6.42 Å². The number of hydrogen-bond acceptors (Lipinski definition) is 4. The van der Waals surface area contributed by atoms with E-state index >= 15 is 0 Å². The second kappa shape index (κ2) is 3.90. The summed E-state index contributed by atoms with van der Waals surface area (Å²) < 4.78 is 26.9. The van der Waals surface area contributed by atoms with Crippen LogP contribution >= 0.6 is 0 Å². The largest absolute Gasteiger partial charge is 0.382 e. The number of Topliss-reactive ketones (excluding diaryl/α,β-unsaturated/α-hetero) is 1. The van der Waals surface area contributed by atoms with Crippen molar-refractivity contribution < 1.29 is 17.4 Å². The minimum Gasteiger partial charge on any atom is -0.382 e. The van der Waals surface area contributed by atoms with Gasteiger partial charge in [-0.2, -0.15) is 8.42 Å². The van der Waals surface area contributed by atoms with Gasteiger partial charge in [0.05, 0.1) is 11.8 Å². The molecule has 86 valence electrons. The van der Waals surface area contributed by atoms with E-state index in [0.29, 0.717) is 12.0 Å². The lowest BCUT2D eigenvalue weighted by molar-refractivity contribution is 0.0971. The van der Waals surface area contributed by atoms with Gasteiger partial charge >= 0.3 is 10.1 Å². The molecule has 1 aliphatic rings. The zero-order valence-electron chi connectivity index (χ0n) is 8.89. The normalized spacial score (nSPS) is 15.7. The Morgan fingerprint density at radius 2 is 2.00 bits per heavy atom. The molecule has 0 radical (unpaired) electrons. The van der Waals surface area contributed by atoms with Crippen LogP contribution in [0.5, 0.6) is 5.75 Å². The highest BCUT2D eigenvalue weighted by Gasteiger charge is 2.22. The Morgan fingerprint density at radius 3 is 2.69 bits per heavy atom. The number of ketones is 1. The third-order valence-corrected chi connectivity index (χ3v) is 2.96. The van der Waals surface area contributed by atoms with Crippen molar-refractivity contribution in [3.8, 4) is 5.75 Å². The first-order chi connectivity index (χ1) is 7.47. The fraction of sp³-hybridized carbons (Fsp3) is 0.364. The van der Waals surface area contributed by atoms with E-state index in [4.69, 9.17) is 4.18 Å². The summed E-state index contributed by atoms with van der Waals surface area (Å²) in [6, 6.07) is 5.06. The molecule has 0 heterocycles. The molecule has 0 fully saturated rings. The SMILES string of the molecule is CS(=O)(=O)Oc1cccc2c1C(=O)CCC2. The second-order valence-corrected chi connectivity index (χ2v) is 5.43. The smallest absolute Gasteiger partial charge is 0.306 e. The predicted molar refractivity (Wildman–Crippen MR) is 59.2 cm³/mol. The molecular weight excluding hydrogens is 228 g/mol. The van der Waals surface area contributed by atoms with Gasteiger partial charge in [0.1, 0.15) is 0 Å². The van der Waals surface area contributed by atoms with Crippen LogP contribution in [-0.4, -0.2) is 20.5 Å². The molecule has 0 N–H and O–H groups in total. The minimum atomic E-state index is -3.59. The first kappa shape index (κ1) is 11.1. The number of hydrogen-bond donors (Lipinski definition) is 0. The highest BCUT2D eigenvalue weighted by Crippen LogP contribution is 2.30. The molecule has 5 heteroatoms. The summed E-state index contributed by atoms with van der Waals surface area (Å²) in [6.45, 7) is 0. The number of rotatable bonds is 2. The van der Waals surface area contributed by atoms with E-state index in [1.165, 1.54) is 6.07 Å². The topological polar surface area (TPSA) is 60.4 Å². The molecule has 0 spiro atoms. The number of carbonyl (C=O) groups excluding carboxylic acids is 1. The van der Waals surface area contributed by atoms with Gasteiger partial charge in [0.2, 0.25) is 0 Å². The third kappa shape index (κ3) is 2.24. The molecule has 0 aliphatic heterocycles. The fourth-order valence-corrected chi connectivity index (χ4v) is 2.36. The number of carbonyl (C=O) groups is 1. The second-order valence-electron chi connectivity index (χ2n) is 3.85. The Balaban J connectivity index is 2.51. The lowest BCUT2D eigenvalue weighted by Crippen LogP contribution is -2.15. The van der Waals surface area contributed by atoms with Gasteiger partial charge in [-0.25, -0.2) is 0 Å². The van der Waals surface area contributed by atoms with Gasteiger partial charge in [-0.1, -0.05) is 12.1 Å². The Morgan fingerprint density at radius 1 is 1.25 bits per heavy atom. The third-order valence-electron chi connectivity index (χ3n) is 2.48. The van der Waals surface area contributed by atoms with Crippen LogP contribution in [0.4, 0.5) is 0 Å². The van der Waals surface area contributed by atoms with E-state index in [2.05, 4.69) is 0 Å².